The number of methoxy groups -OCH3 is 2. The minimum atomic E-state index is -0.670. The SMILES string of the molecule is COc1cc([C@@H]2OC(=O)Nc3c2ccc2ccccc32)cc(C=O)c1OC. The number of aldehydes is 1. The molecule has 0 unspecified atom stereocenters. The lowest BCUT2D eigenvalue weighted by molar-refractivity contribution is 0.111. The summed E-state index contributed by atoms with van der Waals surface area (Å²) < 4.78 is 16.2. The lowest BCUT2D eigenvalue weighted by Gasteiger charge is -2.28. The number of amides is 1. The molecule has 0 aliphatic carbocycles. The predicted molar refractivity (Wildman–Crippen MR) is 101 cm³/mol. The van der Waals surface area contributed by atoms with Gasteiger partial charge in [-0.3, -0.25) is 10.1 Å². The molecule has 1 amide bonds. The van der Waals surface area contributed by atoms with Crippen LogP contribution in [-0.4, -0.2) is 26.6 Å². The summed E-state index contributed by atoms with van der Waals surface area (Å²) >= 11 is 0. The molecule has 1 heterocycles. The highest BCUT2D eigenvalue weighted by atomic mass is 16.6. The summed E-state index contributed by atoms with van der Waals surface area (Å²) in [5.41, 5.74) is 2.46. The Kier molecular flexibility index (Phi) is 4.16. The zero-order chi connectivity index (χ0) is 19.0. The highest BCUT2D eigenvalue weighted by molar-refractivity contribution is 6.03. The van der Waals surface area contributed by atoms with Gasteiger partial charge in [0.1, 0.15) is 0 Å². The van der Waals surface area contributed by atoms with Gasteiger partial charge in [-0.05, 0) is 17.5 Å². The first-order valence-corrected chi connectivity index (χ1v) is 8.36. The monoisotopic (exact) mass is 363 g/mol. The van der Waals surface area contributed by atoms with Crippen molar-refractivity contribution in [1.29, 1.82) is 0 Å². The van der Waals surface area contributed by atoms with Gasteiger partial charge in [0.15, 0.2) is 23.9 Å². The third-order valence-electron chi connectivity index (χ3n) is 4.66. The summed E-state index contributed by atoms with van der Waals surface area (Å²) in [6.45, 7) is 0. The van der Waals surface area contributed by atoms with E-state index in [1.54, 1.807) is 12.1 Å². The standard InChI is InChI=1S/C21H17NO5/c1-25-17-10-13(9-14(11-23)20(17)26-2)19-16-8-7-12-5-3-4-6-15(12)18(16)22-21(24)27-19/h3-11,19H,1-2H3,(H,22,24)/t19-/m0/s1. The van der Waals surface area contributed by atoms with E-state index >= 15 is 0 Å². The van der Waals surface area contributed by atoms with Gasteiger partial charge in [0.2, 0.25) is 0 Å². The molecule has 4 rings (SSSR count). The van der Waals surface area contributed by atoms with Crippen molar-refractivity contribution in [3.8, 4) is 11.5 Å². The summed E-state index contributed by atoms with van der Waals surface area (Å²) in [6.07, 6.45) is -0.530. The first-order chi connectivity index (χ1) is 13.2. The van der Waals surface area contributed by atoms with Crippen molar-refractivity contribution >= 4 is 28.8 Å². The van der Waals surface area contributed by atoms with Gasteiger partial charge in [-0.25, -0.2) is 4.79 Å². The number of hydrogen-bond acceptors (Lipinski definition) is 5. The van der Waals surface area contributed by atoms with E-state index in [0.29, 0.717) is 34.6 Å². The summed E-state index contributed by atoms with van der Waals surface area (Å²) in [7, 11) is 2.96. The molecule has 0 fully saturated rings. The molecule has 6 heteroatoms. The molecule has 0 bridgehead atoms. The van der Waals surface area contributed by atoms with Gasteiger partial charge in [-0.2, -0.15) is 0 Å². The molecule has 0 spiro atoms. The minimum absolute atomic E-state index is 0.323. The van der Waals surface area contributed by atoms with Crippen molar-refractivity contribution in [3.63, 3.8) is 0 Å². The zero-order valence-corrected chi connectivity index (χ0v) is 14.8. The van der Waals surface area contributed by atoms with Crippen LogP contribution >= 0.6 is 0 Å². The molecule has 6 nitrogen and oxygen atoms in total. The van der Waals surface area contributed by atoms with Gasteiger partial charge in [0.25, 0.3) is 0 Å². The van der Waals surface area contributed by atoms with Gasteiger partial charge < -0.3 is 14.2 Å². The molecule has 3 aromatic carbocycles. The largest absolute Gasteiger partial charge is 0.493 e. The number of cyclic esters (lactones) is 1. The second-order valence-corrected chi connectivity index (χ2v) is 6.12. The van der Waals surface area contributed by atoms with E-state index in [2.05, 4.69) is 5.32 Å². The molecule has 1 aliphatic heterocycles. The van der Waals surface area contributed by atoms with E-state index in [0.717, 1.165) is 16.3 Å². The topological polar surface area (TPSA) is 73.9 Å². The summed E-state index contributed by atoms with van der Waals surface area (Å²) in [6, 6.07) is 15.0. The third-order valence-corrected chi connectivity index (χ3v) is 4.66. The van der Waals surface area contributed by atoms with Crippen LogP contribution in [-0.2, 0) is 4.74 Å². The van der Waals surface area contributed by atoms with E-state index < -0.39 is 12.2 Å². The fraction of sp³-hybridized carbons (Fsp3) is 0.143. The second-order valence-electron chi connectivity index (χ2n) is 6.12. The molecule has 3 aromatic rings. The maximum absolute atomic E-state index is 12.2. The van der Waals surface area contributed by atoms with Gasteiger partial charge in [-0.15, -0.1) is 0 Å². The zero-order valence-electron chi connectivity index (χ0n) is 14.8. The third kappa shape index (κ3) is 2.75. The molecule has 0 radical (unpaired) electrons. The lowest BCUT2D eigenvalue weighted by atomic mass is 9.93. The molecule has 0 aromatic heterocycles. The fourth-order valence-electron chi connectivity index (χ4n) is 3.45. The molecule has 27 heavy (non-hydrogen) atoms. The number of carbonyl (C=O) groups is 2. The number of fused-ring (bicyclic) bond motifs is 3. The lowest BCUT2D eigenvalue weighted by Crippen LogP contribution is -2.25. The van der Waals surface area contributed by atoms with Crippen LogP contribution in [0.3, 0.4) is 0 Å². The highest BCUT2D eigenvalue weighted by Gasteiger charge is 2.30. The minimum Gasteiger partial charge on any atom is -0.493 e. The highest BCUT2D eigenvalue weighted by Crippen LogP contribution is 2.42. The number of rotatable bonds is 4. The molecule has 0 saturated heterocycles. The van der Waals surface area contributed by atoms with Gasteiger partial charge in [0.05, 0.1) is 25.5 Å². The number of ether oxygens (including phenoxy) is 3. The first kappa shape index (κ1) is 16.9. The van der Waals surface area contributed by atoms with Crippen molar-refractivity contribution in [3.05, 3.63) is 65.2 Å². The van der Waals surface area contributed by atoms with E-state index in [1.807, 2.05) is 36.4 Å². The second kappa shape index (κ2) is 6.64. The van der Waals surface area contributed by atoms with E-state index in [1.165, 1.54) is 14.2 Å². The molecular weight excluding hydrogens is 346 g/mol. The van der Waals surface area contributed by atoms with Crippen LogP contribution in [0.2, 0.25) is 0 Å². The van der Waals surface area contributed by atoms with Crippen LogP contribution in [0.1, 0.15) is 27.6 Å². The van der Waals surface area contributed by atoms with Gasteiger partial charge >= 0.3 is 6.09 Å². The predicted octanol–water partition coefficient (Wildman–Crippen LogP) is 4.32. The average molecular weight is 363 g/mol. The number of anilines is 1. The Hall–Kier alpha value is -3.54. The molecule has 1 N–H and O–H groups in total. The van der Waals surface area contributed by atoms with Crippen molar-refractivity contribution in [2.75, 3.05) is 19.5 Å². The summed E-state index contributed by atoms with van der Waals surface area (Å²) in [5, 5.41) is 4.73. The number of benzene rings is 3. The Bertz CT molecular complexity index is 1060. The van der Waals surface area contributed by atoms with Crippen LogP contribution in [0.15, 0.2) is 48.5 Å². The van der Waals surface area contributed by atoms with Crippen LogP contribution in [0, 0.1) is 0 Å². The Labute approximate surface area is 155 Å². The summed E-state index contributed by atoms with van der Waals surface area (Å²) in [4.78, 5) is 23.7. The number of nitrogens with one attached hydrogen (secondary N) is 1. The Morgan fingerprint density at radius 1 is 1.07 bits per heavy atom. The van der Waals surface area contributed by atoms with Gasteiger partial charge in [-0.1, -0.05) is 36.4 Å². The van der Waals surface area contributed by atoms with E-state index in [9.17, 15) is 9.59 Å². The van der Waals surface area contributed by atoms with Crippen LogP contribution < -0.4 is 14.8 Å². The normalized spacial score (nSPS) is 15.5. The number of carbonyl (C=O) groups excluding carboxylic acids is 2. The Balaban J connectivity index is 1.93. The van der Waals surface area contributed by atoms with E-state index in [4.69, 9.17) is 14.2 Å². The molecule has 1 atom stereocenters. The Morgan fingerprint density at radius 3 is 2.63 bits per heavy atom. The molecular formula is C21H17NO5. The smallest absolute Gasteiger partial charge is 0.412 e. The van der Waals surface area contributed by atoms with Crippen molar-refractivity contribution < 1.29 is 23.8 Å². The maximum Gasteiger partial charge on any atom is 0.412 e. The van der Waals surface area contributed by atoms with Crippen LogP contribution in [0.4, 0.5) is 10.5 Å². The maximum atomic E-state index is 12.2. The van der Waals surface area contributed by atoms with Crippen molar-refractivity contribution in [2.24, 2.45) is 0 Å². The van der Waals surface area contributed by atoms with Gasteiger partial charge in [0, 0.05) is 16.5 Å². The molecule has 0 saturated carbocycles. The quantitative estimate of drug-likeness (QED) is 0.699. The number of hydrogen-bond donors (Lipinski definition) is 1. The van der Waals surface area contributed by atoms with Crippen LogP contribution in [0.25, 0.3) is 10.8 Å². The van der Waals surface area contributed by atoms with Crippen LogP contribution in [0.5, 0.6) is 11.5 Å². The summed E-state index contributed by atoms with van der Waals surface area (Å²) in [5.74, 6) is 0.740. The molecule has 1 aliphatic rings. The Morgan fingerprint density at radius 2 is 1.89 bits per heavy atom. The fourth-order valence-corrected chi connectivity index (χ4v) is 3.45. The average Bonchev–Trinajstić information content (AvgIpc) is 2.71. The molecule has 136 valence electrons. The van der Waals surface area contributed by atoms with Crippen molar-refractivity contribution in [2.45, 2.75) is 6.10 Å². The van der Waals surface area contributed by atoms with E-state index in [-0.39, 0.29) is 0 Å². The first-order valence-electron chi connectivity index (χ1n) is 8.36. The van der Waals surface area contributed by atoms with Crippen molar-refractivity contribution in [1.82, 2.24) is 0 Å².